The molecular formula is C21H38N6O6. The predicted octanol–water partition coefficient (Wildman–Crippen LogP) is -1.59. The largest absolute Gasteiger partial charge is 0.480 e. The van der Waals surface area contributed by atoms with Crippen molar-refractivity contribution in [1.29, 1.82) is 0 Å². The topological polar surface area (TPSA) is 211 Å². The number of carbonyl (C=O) groups is 5. The first kappa shape index (κ1) is 28.3. The van der Waals surface area contributed by atoms with E-state index in [4.69, 9.17) is 17.2 Å². The Morgan fingerprint density at radius 2 is 1.82 bits per heavy atom. The van der Waals surface area contributed by atoms with Crippen LogP contribution < -0.4 is 27.8 Å². The summed E-state index contributed by atoms with van der Waals surface area (Å²) in [6, 6.07) is -4.16. The lowest BCUT2D eigenvalue weighted by molar-refractivity contribution is -0.144. The molecule has 1 heterocycles. The molecule has 188 valence electrons. The first-order chi connectivity index (χ1) is 15.5. The van der Waals surface area contributed by atoms with Crippen LogP contribution in [0.1, 0.15) is 58.8 Å². The van der Waals surface area contributed by atoms with Crippen LogP contribution in [0.2, 0.25) is 0 Å². The van der Waals surface area contributed by atoms with E-state index in [0.29, 0.717) is 45.2 Å². The summed E-state index contributed by atoms with van der Waals surface area (Å²) in [4.78, 5) is 62.8. The lowest BCUT2D eigenvalue weighted by atomic mass is 9.98. The van der Waals surface area contributed by atoms with Gasteiger partial charge in [0.1, 0.15) is 18.1 Å². The molecule has 1 aliphatic heterocycles. The maximum atomic E-state index is 12.9. The first-order valence-electron chi connectivity index (χ1n) is 11.4. The molecule has 0 bridgehead atoms. The van der Waals surface area contributed by atoms with E-state index in [1.165, 1.54) is 4.90 Å². The molecule has 4 amide bonds. The molecule has 0 aliphatic carbocycles. The normalized spacial score (nSPS) is 19.3. The number of rotatable bonds is 14. The average Bonchev–Trinajstić information content (AvgIpc) is 3.25. The van der Waals surface area contributed by atoms with Crippen molar-refractivity contribution in [3.8, 4) is 0 Å². The molecule has 1 fully saturated rings. The van der Waals surface area contributed by atoms with Gasteiger partial charge in [-0.15, -0.1) is 0 Å². The highest BCUT2D eigenvalue weighted by Gasteiger charge is 2.38. The number of nitrogens with zero attached hydrogens (tertiary/aromatic N) is 1. The Morgan fingerprint density at radius 1 is 1.15 bits per heavy atom. The predicted molar refractivity (Wildman–Crippen MR) is 120 cm³/mol. The zero-order valence-corrected chi connectivity index (χ0v) is 19.4. The maximum Gasteiger partial charge on any atom is 0.326 e. The molecule has 9 N–H and O–H groups in total. The molecule has 33 heavy (non-hydrogen) atoms. The smallest absolute Gasteiger partial charge is 0.326 e. The van der Waals surface area contributed by atoms with Crippen LogP contribution in [0.25, 0.3) is 0 Å². The number of amides is 4. The summed E-state index contributed by atoms with van der Waals surface area (Å²) in [6.07, 6.45) is 2.82. The number of hydrogen-bond acceptors (Lipinski definition) is 7. The van der Waals surface area contributed by atoms with E-state index >= 15 is 0 Å². The van der Waals surface area contributed by atoms with Gasteiger partial charge in [-0.3, -0.25) is 19.2 Å². The van der Waals surface area contributed by atoms with Gasteiger partial charge >= 0.3 is 5.97 Å². The maximum absolute atomic E-state index is 12.9. The van der Waals surface area contributed by atoms with Gasteiger partial charge in [-0.2, -0.15) is 0 Å². The Hall–Kier alpha value is -2.73. The summed E-state index contributed by atoms with van der Waals surface area (Å²) in [7, 11) is 0. The number of unbranched alkanes of at least 4 members (excludes halogenated alkanes) is 1. The SMILES string of the molecule is CCC(C)C(NC(=O)C(CC(N)=O)NC(=O)C1CCCN1C(=O)C(N)CCCCN)C(=O)O. The van der Waals surface area contributed by atoms with Crippen molar-refractivity contribution in [3.05, 3.63) is 0 Å². The summed E-state index contributed by atoms with van der Waals surface area (Å²) in [5, 5.41) is 14.3. The molecule has 0 aromatic carbocycles. The fourth-order valence-corrected chi connectivity index (χ4v) is 3.76. The highest BCUT2D eigenvalue weighted by atomic mass is 16.4. The molecule has 1 rings (SSSR count). The molecule has 0 spiro atoms. The molecule has 1 saturated heterocycles. The van der Waals surface area contributed by atoms with Crippen LogP contribution in [0.3, 0.4) is 0 Å². The highest BCUT2D eigenvalue weighted by Crippen LogP contribution is 2.20. The second-order valence-corrected chi connectivity index (χ2v) is 8.52. The Kier molecular flexibility index (Phi) is 11.8. The molecule has 5 atom stereocenters. The number of nitrogens with one attached hydrogen (secondary N) is 2. The molecule has 1 aliphatic rings. The Balaban J connectivity index is 2.90. The Labute approximate surface area is 194 Å². The number of carboxylic acid groups (broad SMARTS) is 1. The summed E-state index contributed by atoms with van der Waals surface area (Å²) >= 11 is 0. The molecule has 5 unspecified atom stereocenters. The van der Waals surface area contributed by atoms with Gasteiger partial charge in [-0.1, -0.05) is 26.7 Å². The van der Waals surface area contributed by atoms with Gasteiger partial charge in [-0.25, -0.2) is 4.79 Å². The molecular weight excluding hydrogens is 432 g/mol. The number of nitrogens with two attached hydrogens (primary N) is 3. The van der Waals surface area contributed by atoms with Gasteiger partial charge in [0.25, 0.3) is 0 Å². The van der Waals surface area contributed by atoms with Gasteiger partial charge < -0.3 is 37.8 Å². The Bertz CT molecular complexity index is 717. The zero-order chi connectivity index (χ0) is 25.1. The summed E-state index contributed by atoms with van der Waals surface area (Å²) < 4.78 is 0. The number of carbonyl (C=O) groups excluding carboxylic acids is 4. The molecule has 0 aromatic rings. The van der Waals surface area contributed by atoms with Crippen molar-refractivity contribution < 1.29 is 29.1 Å². The highest BCUT2D eigenvalue weighted by molar-refractivity contribution is 5.96. The van der Waals surface area contributed by atoms with Gasteiger partial charge in [0, 0.05) is 6.54 Å². The van der Waals surface area contributed by atoms with Crippen molar-refractivity contribution in [2.75, 3.05) is 13.1 Å². The van der Waals surface area contributed by atoms with Gasteiger partial charge in [0.2, 0.25) is 23.6 Å². The number of primary amides is 1. The zero-order valence-electron chi connectivity index (χ0n) is 19.4. The lowest BCUT2D eigenvalue weighted by Gasteiger charge is -2.29. The Morgan fingerprint density at radius 3 is 2.36 bits per heavy atom. The third kappa shape index (κ3) is 8.61. The lowest BCUT2D eigenvalue weighted by Crippen LogP contribution is -2.58. The van der Waals surface area contributed by atoms with E-state index in [-0.39, 0.29) is 11.8 Å². The summed E-state index contributed by atoms with van der Waals surface area (Å²) in [5.41, 5.74) is 16.7. The van der Waals surface area contributed by atoms with Gasteiger partial charge in [-0.05, 0) is 38.1 Å². The van der Waals surface area contributed by atoms with E-state index in [1.807, 2.05) is 0 Å². The standard InChI is InChI=1S/C21H38N6O6/c1-3-12(2)17(21(32)33)26-18(29)14(11-16(24)28)25-19(30)15-8-6-10-27(15)20(31)13(23)7-4-5-9-22/h12-15,17H,3-11,22-23H2,1-2H3,(H2,24,28)(H,25,30)(H,26,29)(H,32,33). The number of carboxylic acids is 1. The monoisotopic (exact) mass is 470 g/mol. The minimum atomic E-state index is -1.36. The fraction of sp³-hybridized carbons (Fsp3) is 0.762. The van der Waals surface area contributed by atoms with E-state index in [0.717, 1.165) is 6.42 Å². The molecule has 0 aromatic heterocycles. The number of likely N-dealkylation sites (tertiary alicyclic amines) is 1. The van der Waals surface area contributed by atoms with Crippen LogP contribution in [0, 0.1) is 5.92 Å². The van der Waals surface area contributed by atoms with E-state index in [2.05, 4.69) is 10.6 Å². The molecule has 12 heteroatoms. The van der Waals surface area contributed by atoms with Crippen molar-refractivity contribution in [2.24, 2.45) is 23.1 Å². The quantitative estimate of drug-likeness (QED) is 0.162. The van der Waals surface area contributed by atoms with Crippen LogP contribution >= 0.6 is 0 Å². The van der Waals surface area contributed by atoms with Crippen LogP contribution in [0.4, 0.5) is 0 Å². The fourth-order valence-electron chi connectivity index (χ4n) is 3.76. The number of aliphatic carboxylic acids is 1. The van der Waals surface area contributed by atoms with Crippen LogP contribution in [0.15, 0.2) is 0 Å². The second kappa shape index (κ2) is 13.7. The van der Waals surface area contributed by atoms with Gasteiger partial charge in [0.05, 0.1) is 12.5 Å². The minimum Gasteiger partial charge on any atom is -0.480 e. The van der Waals surface area contributed by atoms with Crippen LogP contribution in [0.5, 0.6) is 0 Å². The molecule has 12 nitrogen and oxygen atoms in total. The number of hydrogen-bond donors (Lipinski definition) is 6. The second-order valence-electron chi connectivity index (χ2n) is 8.52. The van der Waals surface area contributed by atoms with Crippen molar-refractivity contribution >= 4 is 29.6 Å². The summed E-state index contributed by atoms with van der Waals surface area (Å²) in [6.45, 7) is 4.30. The van der Waals surface area contributed by atoms with E-state index in [1.54, 1.807) is 13.8 Å². The average molecular weight is 471 g/mol. The first-order valence-corrected chi connectivity index (χ1v) is 11.4. The van der Waals surface area contributed by atoms with Crippen molar-refractivity contribution in [3.63, 3.8) is 0 Å². The molecule has 0 radical (unpaired) electrons. The van der Waals surface area contributed by atoms with Crippen LogP contribution in [-0.4, -0.2) is 76.9 Å². The van der Waals surface area contributed by atoms with E-state index in [9.17, 15) is 29.1 Å². The molecule has 0 saturated carbocycles. The van der Waals surface area contributed by atoms with E-state index < -0.39 is 54.3 Å². The summed E-state index contributed by atoms with van der Waals surface area (Å²) in [5.74, 6) is -4.25. The van der Waals surface area contributed by atoms with Crippen molar-refractivity contribution in [1.82, 2.24) is 15.5 Å². The van der Waals surface area contributed by atoms with Gasteiger partial charge in [0.15, 0.2) is 0 Å². The third-order valence-electron chi connectivity index (χ3n) is 5.94. The minimum absolute atomic E-state index is 0.350. The van der Waals surface area contributed by atoms with Crippen molar-refractivity contribution in [2.45, 2.75) is 83.0 Å². The van der Waals surface area contributed by atoms with Crippen LogP contribution in [-0.2, 0) is 24.0 Å². The third-order valence-corrected chi connectivity index (χ3v) is 5.94.